The highest BCUT2D eigenvalue weighted by Gasteiger charge is 2.13. The van der Waals surface area contributed by atoms with Crippen LogP contribution in [0.5, 0.6) is 5.75 Å². The van der Waals surface area contributed by atoms with Crippen molar-refractivity contribution in [1.29, 1.82) is 0 Å². The van der Waals surface area contributed by atoms with Crippen molar-refractivity contribution in [2.24, 2.45) is 14.1 Å². The van der Waals surface area contributed by atoms with Crippen molar-refractivity contribution in [3.63, 3.8) is 0 Å². The SMILES string of the molecule is COc1cn(C)c(C(=O)Nc2cnn(C)c2)cc1=O. The molecule has 0 spiro atoms. The lowest BCUT2D eigenvalue weighted by Crippen LogP contribution is -2.21. The summed E-state index contributed by atoms with van der Waals surface area (Å²) in [5.74, 6) is -0.185. The number of rotatable bonds is 3. The number of methoxy groups -OCH3 is 1. The third-order valence-electron chi connectivity index (χ3n) is 2.62. The summed E-state index contributed by atoms with van der Waals surface area (Å²) in [6.07, 6.45) is 4.67. The fraction of sp³-hybridized carbons (Fsp3) is 0.250. The number of pyridine rings is 1. The fourth-order valence-electron chi connectivity index (χ4n) is 1.67. The molecule has 7 heteroatoms. The number of nitrogens with zero attached hydrogens (tertiary/aromatic N) is 3. The second-order valence-corrected chi connectivity index (χ2v) is 4.06. The number of aromatic nitrogens is 3. The maximum absolute atomic E-state index is 12.0. The van der Waals surface area contributed by atoms with Crippen LogP contribution in [-0.2, 0) is 14.1 Å². The van der Waals surface area contributed by atoms with Crippen LogP contribution in [0.25, 0.3) is 0 Å². The Hall–Kier alpha value is -2.57. The first-order chi connectivity index (χ1) is 9.01. The molecule has 0 aliphatic rings. The normalized spacial score (nSPS) is 10.3. The number of hydrogen-bond acceptors (Lipinski definition) is 4. The summed E-state index contributed by atoms with van der Waals surface area (Å²) in [6.45, 7) is 0. The van der Waals surface area contributed by atoms with E-state index < -0.39 is 0 Å². The largest absolute Gasteiger partial charge is 0.491 e. The van der Waals surface area contributed by atoms with E-state index in [-0.39, 0.29) is 22.8 Å². The Morgan fingerprint density at radius 3 is 2.68 bits per heavy atom. The first-order valence-electron chi connectivity index (χ1n) is 5.56. The predicted octanol–water partition coefficient (Wildman–Crippen LogP) is 0.380. The Balaban J connectivity index is 2.29. The van der Waals surface area contributed by atoms with Gasteiger partial charge in [0.05, 0.1) is 25.2 Å². The van der Waals surface area contributed by atoms with Gasteiger partial charge in [0, 0.05) is 26.4 Å². The van der Waals surface area contributed by atoms with Crippen molar-refractivity contribution in [2.75, 3.05) is 12.4 Å². The molecule has 0 unspecified atom stereocenters. The van der Waals surface area contributed by atoms with Gasteiger partial charge in [-0.2, -0.15) is 5.10 Å². The van der Waals surface area contributed by atoms with Crippen LogP contribution in [0.4, 0.5) is 5.69 Å². The van der Waals surface area contributed by atoms with Gasteiger partial charge >= 0.3 is 0 Å². The quantitative estimate of drug-likeness (QED) is 0.867. The monoisotopic (exact) mass is 262 g/mol. The number of carbonyl (C=O) groups is 1. The molecule has 2 aromatic rings. The minimum absolute atomic E-state index is 0.195. The van der Waals surface area contributed by atoms with Gasteiger partial charge in [0.1, 0.15) is 5.69 Å². The number of nitrogens with one attached hydrogen (secondary N) is 1. The van der Waals surface area contributed by atoms with Crippen molar-refractivity contribution < 1.29 is 9.53 Å². The van der Waals surface area contributed by atoms with Gasteiger partial charge in [-0.05, 0) is 0 Å². The molecule has 0 atom stereocenters. The van der Waals surface area contributed by atoms with Crippen molar-refractivity contribution in [2.45, 2.75) is 0 Å². The number of hydrogen-bond donors (Lipinski definition) is 1. The number of aryl methyl sites for hydroxylation is 2. The van der Waals surface area contributed by atoms with Crippen LogP contribution in [0.1, 0.15) is 10.5 Å². The van der Waals surface area contributed by atoms with Gasteiger partial charge in [0.25, 0.3) is 5.91 Å². The van der Waals surface area contributed by atoms with Crippen LogP contribution in [-0.4, -0.2) is 27.4 Å². The second kappa shape index (κ2) is 4.97. The van der Waals surface area contributed by atoms with Crippen LogP contribution < -0.4 is 15.5 Å². The number of ether oxygens (including phenoxy) is 1. The zero-order valence-corrected chi connectivity index (χ0v) is 10.9. The van der Waals surface area contributed by atoms with Gasteiger partial charge in [-0.1, -0.05) is 0 Å². The summed E-state index contributed by atoms with van der Waals surface area (Å²) in [4.78, 5) is 23.7. The van der Waals surface area contributed by atoms with Crippen LogP contribution in [0.3, 0.4) is 0 Å². The third kappa shape index (κ3) is 2.65. The van der Waals surface area contributed by atoms with Crippen molar-refractivity contribution in [3.05, 3.63) is 40.6 Å². The first-order valence-corrected chi connectivity index (χ1v) is 5.56. The summed E-state index contributed by atoms with van der Waals surface area (Å²) < 4.78 is 8.01. The zero-order chi connectivity index (χ0) is 14.0. The van der Waals surface area contributed by atoms with Gasteiger partial charge in [-0.3, -0.25) is 14.3 Å². The number of carbonyl (C=O) groups excluding carboxylic acids is 1. The van der Waals surface area contributed by atoms with Crippen molar-refractivity contribution in [1.82, 2.24) is 14.3 Å². The lowest BCUT2D eigenvalue weighted by molar-refractivity contribution is 0.101. The minimum atomic E-state index is -0.379. The van der Waals surface area contributed by atoms with E-state index in [2.05, 4.69) is 10.4 Å². The molecule has 0 saturated carbocycles. The molecule has 1 N–H and O–H groups in total. The highest BCUT2D eigenvalue weighted by Crippen LogP contribution is 2.09. The van der Waals surface area contributed by atoms with E-state index in [4.69, 9.17) is 4.74 Å². The van der Waals surface area contributed by atoms with Gasteiger partial charge in [0.15, 0.2) is 5.75 Å². The zero-order valence-electron chi connectivity index (χ0n) is 10.9. The van der Waals surface area contributed by atoms with E-state index in [1.165, 1.54) is 30.1 Å². The van der Waals surface area contributed by atoms with Gasteiger partial charge in [0.2, 0.25) is 5.43 Å². The average Bonchev–Trinajstić information content (AvgIpc) is 2.77. The number of amides is 1. The summed E-state index contributed by atoms with van der Waals surface area (Å²) in [5.41, 5.74) is 0.474. The lowest BCUT2D eigenvalue weighted by Gasteiger charge is -2.09. The smallest absolute Gasteiger partial charge is 0.272 e. The molecule has 2 aromatic heterocycles. The highest BCUT2D eigenvalue weighted by atomic mass is 16.5. The Kier molecular flexibility index (Phi) is 3.37. The van der Waals surface area contributed by atoms with Crippen molar-refractivity contribution >= 4 is 11.6 Å². The molecule has 7 nitrogen and oxygen atoms in total. The highest BCUT2D eigenvalue weighted by molar-refractivity contribution is 6.02. The van der Waals surface area contributed by atoms with Gasteiger partial charge in [-0.15, -0.1) is 0 Å². The second-order valence-electron chi connectivity index (χ2n) is 4.06. The van der Waals surface area contributed by atoms with Crippen LogP contribution in [0, 0.1) is 0 Å². The predicted molar refractivity (Wildman–Crippen MR) is 69.4 cm³/mol. The molecular weight excluding hydrogens is 248 g/mol. The van der Waals surface area contributed by atoms with Crippen LogP contribution in [0.2, 0.25) is 0 Å². The van der Waals surface area contributed by atoms with Crippen LogP contribution in [0.15, 0.2) is 29.5 Å². The van der Waals surface area contributed by atoms with E-state index in [9.17, 15) is 9.59 Å². The fourth-order valence-corrected chi connectivity index (χ4v) is 1.67. The molecule has 0 radical (unpaired) electrons. The van der Waals surface area contributed by atoms with Gasteiger partial charge < -0.3 is 14.6 Å². The third-order valence-corrected chi connectivity index (χ3v) is 2.62. The minimum Gasteiger partial charge on any atom is -0.491 e. The molecule has 100 valence electrons. The molecule has 0 aliphatic carbocycles. The van der Waals surface area contributed by atoms with E-state index in [0.717, 1.165) is 0 Å². The van der Waals surface area contributed by atoms with Gasteiger partial charge in [-0.25, -0.2) is 0 Å². The lowest BCUT2D eigenvalue weighted by atomic mass is 10.3. The summed E-state index contributed by atoms with van der Waals surface area (Å²) in [5, 5.41) is 6.61. The molecule has 2 heterocycles. The van der Waals surface area contributed by atoms with Crippen molar-refractivity contribution in [3.8, 4) is 5.75 Å². The summed E-state index contributed by atoms with van der Waals surface area (Å²) in [6, 6.07) is 1.24. The summed E-state index contributed by atoms with van der Waals surface area (Å²) >= 11 is 0. The Morgan fingerprint density at radius 1 is 1.37 bits per heavy atom. The maximum Gasteiger partial charge on any atom is 0.272 e. The maximum atomic E-state index is 12.0. The molecule has 0 saturated heterocycles. The standard InChI is InChI=1S/C12H14N4O3/c1-15-7-11(19-3)10(17)4-9(15)12(18)14-8-5-13-16(2)6-8/h4-7H,1-3H3,(H,14,18). The molecule has 0 fully saturated rings. The Labute approximate surface area is 109 Å². The molecule has 0 aromatic carbocycles. The summed E-state index contributed by atoms with van der Waals surface area (Å²) in [7, 11) is 4.82. The Morgan fingerprint density at radius 2 is 2.11 bits per heavy atom. The molecule has 0 bridgehead atoms. The van der Waals surface area contributed by atoms with E-state index >= 15 is 0 Å². The molecular formula is C12H14N4O3. The topological polar surface area (TPSA) is 78.2 Å². The van der Waals surface area contributed by atoms with Crippen LogP contribution >= 0.6 is 0 Å². The molecule has 0 aliphatic heterocycles. The molecule has 1 amide bonds. The van der Waals surface area contributed by atoms with E-state index in [1.54, 1.807) is 25.0 Å². The molecule has 2 rings (SSSR count). The van der Waals surface area contributed by atoms with E-state index in [1.807, 2.05) is 0 Å². The Bertz CT molecular complexity index is 672. The van der Waals surface area contributed by atoms with E-state index in [0.29, 0.717) is 5.69 Å². The molecule has 19 heavy (non-hydrogen) atoms. The number of anilines is 1. The average molecular weight is 262 g/mol. The first kappa shape index (κ1) is 12.9.